The van der Waals surface area contributed by atoms with E-state index in [0.29, 0.717) is 31.3 Å². The maximum Gasteiger partial charge on any atom is 0.422 e. The number of hydrogen-bond acceptors (Lipinski definition) is 2. The molecule has 40 heavy (non-hydrogen) atoms. The molecular weight excluding hydrogens is 537 g/mol. The van der Waals surface area contributed by atoms with Gasteiger partial charge < -0.3 is 9.47 Å². The normalized spacial score (nSPS) is 24.3. The van der Waals surface area contributed by atoms with Crippen LogP contribution in [0.15, 0.2) is 48.6 Å². The molecule has 2 fully saturated rings. The fourth-order valence-corrected chi connectivity index (χ4v) is 5.78. The van der Waals surface area contributed by atoms with Gasteiger partial charge in [0.05, 0.1) is 12.5 Å². The molecule has 2 nitrogen and oxygen atoms in total. The van der Waals surface area contributed by atoms with Gasteiger partial charge in [-0.15, -0.1) is 0 Å². The lowest BCUT2D eigenvalue weighted by Crippen LogP contribution is -2.37. The van der Waals surface area contributed by atoms with Gasteiger partial charge in [0.25, 0.3) is 0 Å². The predicted molar refractivity (Wildman–Crippen MR) is 138 cm³/mol. The van der Waals surface area contributed by atoms with Crippen molar-refractivity contribution in [3.8, 4) is 11.5 Å². The fourth-order valence-electron chi connectivity index (χ4n) is 5.78. The van der Waals surface area contributed by atoms with Gasteiger partial charge in [-0.2, -0.15) is 22.0 Å². The van der Waals surface area contributed by atoms with Crippen LogP contribution >= 0.6 is 0 Å². The van der Waals surface area contributed by atoms with E-state index in [1.807, 2.05) is 12.1 Å². The average molecular weight is 573 g/mol. The summed E-state index contributed by atoms with van der Waals surface area (Å²) in [5.41, 5.74) is -0.801. The highest BCUT2D eigenvalue weighted by Gasteiger charge is 2.45. The zero-order valence-electron chi connectivity index (χ0n) is 22.5. The van der Waals surface area contributed by atoms with Crippen molar-refractivity contribution in [2.24, 2.45) is 17.8 Å². The summed E-state index contributed by atoms with van der Waals surface area (Å²) >= 11 is 0. The zero-order valence-corrected chi connectivity index (χ0v) is 22.5. The van der Waals surface area contributed by atoms with Crippen molar-refractivity contribution in [2.75, 3.05) is 6.61 Å². The highest BCUT2D eigenvalue weighted by molar-refractivity contribution is 5.33. The van der Waals surface area contributed by atoms with Gasteiger partial charge in [-0.25, -0.2) is 8.78 Å². The summed E-state index contributed by atoms with van der Waals surface area (Å²) in [7, 11) is 0. The second-order valence-electron chi connectivity index (χ2n) is 10.9. The van der Waals surface area contributed by atoms with E-state index in [1.165, 1.54) is 5.56 Å². The van der Waals surface area contributed by atoms with Gasteiger partial charge in [-0.05, 0) is 93.2 Å². The molecular formula is C31H35F7O2. The SMILES string of the molecule is CCCOc1ccc(C2CCC(/C=C/C3CCC(C(F)(F)Oc4cc(F)c(C(F)(F)F)c(F)c4)CC3)CC2)cc1. The summed E-state index contributed by atoms with van der Waals surface area (Å²) < 4.78 is 105. The number of alkyl halides is 5. The van der Waals surface area contributed by atoms with E-state index in [-0.39, 0.29) is 30.9 Å². The van der Waals surface area contributed by atoms with Crippen molar-refractivity contribution in [3.05, 3.63) is 71.3 Å². The molecule has 0 bridgehead atoms. The summed E-state index contributed by atoms with van der Waals surface area (Å²) in [4.78, 5) is 0. The molecule has 0 saturated heterocycles. The lowest BCUT2D eigenvalue weighted by atomic mass is 9.77. The third-order valence-electron chi connectivity index (χ3n) is 8.05. The minimum absolute atomic E-state index is 0.137. The van der Waals surface area contributed by atoms with E-state index in [0.717, 1.165) is 37.9 Å². The van der Waals surface area contributed by atoms with E-state index in [1.54, 1.807) is 0 Å². The summed E-state index contributed by atoms with van der Waals surface area (Å²) in [5, 5.41) is 0. The highest BCUT2D eigenvalue weighted by Crippen LogP contribution is 2.43. The van der Waals surface area contributed by atoms with Crippen LogP contribution in [0.3, 0.4) is 0 Å². The molecule has 0 N–H and O–H groups in total. The summed E-state index contributed by atoms with van der Waals surface area (Å²) in [5.74, 6) is -4.12. The first-order chi connectivity index (χ1) is 19.0. The van der Waals surface area contributed by atoms with Gasteiger partial charge >= 0.3 is 12.3 Å². The van der Waals surface area contributed by atoms with E-state index in [9.17, 15) is 30.7 Å². The van der Waals surface area contributed by atoms with Gasteiger partial charge in [0.1, 0.15) is 28.7 Å². The van der Waals surface area contributed by atoms with Crippen LogP contribution in [-0.2, 0) is 6.18 Å². The Hall–Kier alpha value is -2.71. The molecule has 2 aromatic rings. The first-order valence-corrected chi connectivity index (χ1v) is 14.0. The molecule has 4 rings (SSSR count). The molecule has 0 spiro atoms. The van der Waals surface area contributed by atoms with Gasteiger partial charge in [0.2, 0.25) is 0 Å². The van der Waals surface area contributed by atoms with E-state index in [2.05, 4.69) is 35.9 Å². The second-order valence-corrected chi connectivity index (χ2v) is 10.9. The van der Waals surface area contributed by atoms with Crippen LogP contribution < -0.4 is 9.47 Å². The first-order valence-electron chi connectivity index (χ1n) is 14.0. The molecule has 0 aliphatic heterocycles. The predicted octanol–water partition coefficient (Wildman–Crippen LogP) is 10.1. The van der Waals surface area contributed by atoms with Crippen molar-refractivity contribution >= 4 is 0 Å². The van der Waals surface area contributed by atoms with Crippen molar-refractivity contribution in [3.63, 3.8) is 0 Å². The first kappa shape index (κ1) is 30.3. The van der Waals surface area contributed by atoms with Crippen molar-refractivity contribution < 1.29 is 40.2 Å². The standard InChI is InChI=1S/C31H35F7O2/c1-2-17-39-25-15-11-23(12-16-25)22-9-5-20(6-10-22)3-4-21-7-13-24(14-8-21)31(37,38)40-26-18-27(32)29(28(33)19-26)30(34,35)36/h3-4,11-12,15-16,18-22,24H,2,5-10,13-14,17H2,1H3/b4-3+. The Morgan fingerprint density at radius 3 is 1.77 bits per heavy atom. The summed E-state index contributed by atoms with van der Waals surface area (Å²) in [6.45, 7) is 2.78. The van der Waals surface area contributed by atoms with Crippen LogP contribution in [0.2, 0.25) is 0 Å². The number of rotatable bonds is 9. The Morgan fingerprint density at radius 1 is 0.750 bits per heavy atom. The molecule has 2 aliphatic carbocycles. The summed E-state index contributed by atoms with van der Waals surface area (Å²) in [6, 6.07) is 8.66. The molecule has 0 radical (unpaired) electrons. The minimum Gasteiger partial charge on any atom is -0.494 e. The Bertz CT molecular complexity index is 1100. The third-order valence-corrected chi connectivity index (χ3v) is 8.05. The maximum absolute atomic E-state index is 14.7. The topological polar surface area (TPSA) is 18.5 Å². The average Bonchev–Trinajstić information content (AvgIpc) is 2.90. The van der Waals surface area contributed by atoms with Crippen LogP contribution in [0.1, 0.15) is 81.8 Å². The smallest absolute Gasteiger partial charge is 0.422 e. The van der Waals surface area contributed by atoms with E-state index >= 15 is 0 Å². The fraction of sp³-hybridized carbons (Fsp3) is 0.548. The second kappa shape index (κ2) is 12.9. The number of hydrogen-bond donors (Lipinski definition) is 0. The van der Waals surface area contributed by atoms with Crippen molar-refractivity contribution in [1.29, 1.82) is 0 Å². The molecule has 0 amide bonds. The molecule has 0 unspecified atom stereocenters. The zero-order chi connectivity index (χ0) is 28.9. The van der Waals surface area contributed by atoms with Crippen LogP contribution in [0.5, 0.6) is 11.5 Å². The Labute approximate surface area is 230 Å². The van der Waals surface area contributed by atoms with Crippen LogP contribution in [0.25, 0.3) is 0 Å². The van der Waals surface area contributed by atoms with E-state index in [4.69, 9.17) is 4.74 Å². The minimum atomic E-state index is -5.28. The lowest BCUT2D eigenvalue weighted by Gasteiger charge is -2.33. The molecule has 220 valence electrons. The van der Waals surface area contributed by atoms with Crippen molar-refractivity contribution in [2.45, 2.75) is 82.9 Å². The largest absolute Gasteiger partial charge is 0.494 e. The lowest BCUT2D eigenvalue weighted by molar-refractivity contribution is -0.223. The molecule has 0 heterocycles. The monoisotopic (exact) mass is 572 g/mol. The Kier molecular flexibility index (Phi) is 9.72. The van der Waals surface area contributed by atoms with Crippen LogP contribution in [0, 0.1) is 29.4 Å². The number of halogens is 7. The highest BCUT2D eigenvalue weighted by atomic mass is 19.4. The number of benzene rings is 2. The van der Waals surface area contributed by atoms with Gasteiger partial charge in [-0.3, -0.25) is 0 Å². The molecule has 0 atom stereocenters. The molecule has 2 aliphatic rings. The van der Waals surface area contributed by atoms with Crippen molar-refractivity contribution in [1.82, 2.24) is 0 Å². The van der Waals surface area contributed by atoms with Gasteiger partial charge in [0.15, 0.2) is 0 Å². The Morgan fingerprint density at radius 2 is 1.27 bits per heavy atom. The summed E-state index contributed by atoms with van der Waals surface area (Å²) in [6.07, 6.45) is 1.88. The van der Waals surface area contributed by atoms with E-state index < -0.39 is 41.2 Å². The van der Waals surface area contributed by atoms with Crippen LogP contribution in [-0.4, -0.2) is 12.7 Å². The van der Waals surface area contributed by atoms with Crippen LogP contribution in [0.4, 0.5) is 30.7 Å². The third kappa shape index (κ3) is 7.72. The number of allylic oxidation sites excluding steroid dienone is 2. The van der Waals surface area contributed by atoms with Gasteiger partial charge in [0, 0.05) is 12.1 Å². The quantitative estimate of drug-likeness (QED) is 0.220. The maximum atomic E-state index is 14.7. The molecule has 9 heteroatoms. The molecule has 0 aromatic heterocycles. The molecule has 2 saturated carbocycles. The Balaban J connectivity index is 1.23. The number of ether oxygens (including phenoxy) is 2. The molecule has 2 aromatic carbocycles. The van der Waals surface area contributed by atoms with Gasteiger partial charge in [-0.1, -0.05) is 31.2 Å².